The molecule has 3 aromatic rings. The summed E-state index contributed by atoms with van der Waals surface area (Å²) in [6.07, 6.45) is 2.23. The number of nitrogens with two attached hydrogens (primary N) is 1. The molecule has 1 heterocycles. The Hall–Kier alpha value is -3.32. The summed E-state index contributed by atoms with van der Waals surface area (Å²) in [5.41, 5.74) is 12.9. The highest BCUT2D eigenvalue weighted by Gasteiger charge is 2.13. The second kappa shape index (κ2) is 8.37. The van der Waals surface area contributed by atoms with Crippen molar-refractivity contribution in [2.45, 2.75) is 13.3 Å². The van der Waals surface area contributed by atoms with Gasteiger partial charge >= 0.3 is 0 Å². The zero-order valence-corrected chi connectivity index (χ0v) is 15.3. The molecule has 0 radical (unpaired) electrons. The monoisotopic (exact) mass is 383 g/mol. The van der Waals surface area contributed by atoms with Gasteiger partial charge in [0.25, 0.3) is 5.91 Å². The summed E-state index contributed by atoms with van der Waals surface area (Å²) < 4.78 is 5.71. The fraction of sp³-hybridized carbons (Fsp3) is 0.105. The van der Waals surface area contributed by atoms with Gasteiger partial charge in [0.2, 0.25) is 5.88 Å². The van der Waals surface area contributed by atoms with Gasteiger partial charge < -0.3 is 10.5 Å². The van der Waals surface area contributed by atoms with Crippen molar-refractivity contribution in [3.05, 3.63) is 71.0 Å². The first-order valence-corrected chi connectivity index (χ1v) is 8.64. The van der Waals surface area contributed by atoms with Crippen LogP contribution in [-0.4, -0.2) is 15.9 Å². The van der Waals surface area contributed by atoms with Gasteiger partial charge in [-0.15, -0.1) is 0 Å². The van der Waals surface area contributed by atoms with Crippen molar-refractivity contribution in [2.75, 3.05) is 11.2 Å². The molecule has 0 aliphatic carbocycles. The predicted molar refractivity (Wildman–Crippen MR) is 105 cm³/mol. The third kappa shape index (κ3) is 4.45. The normalized spacial score (nSPS) is 10.3. The SMILES string of the molecule is CCc1ccc(Oc2ncnc(NNC(=O)c3ccccc3Cl)c2N)cc1. The third-order valence-electron chi connectivity index (χ3n) is 3.81. The minimum absolute atomic E-state index is 0.163. The van der Waals surface area contributed by atoms with E-state index in [4.69, 9.17) is 22.1 Å². The number of ether oxygens (including phenoxy) is 1. The number of nitrogens with zero attached hydrogens (tertiary/aromatic N) is 2. The number of aromatic nitrogens is 2. The smallest absolute Gasteiger partial charge is 0.271 e. The lowest BCUT2D eigenvalue weighted by atomic mass is 10.2. The summed E-state index contributed by atoms with van der Waals surface area (Å²) in [6, 6.07) is 14.3. The number of halogens is 1. The maximum absolute atomic E-state index is 12.2. The van der Waals surface area contributed by atoms with E-state index < -0.39 is 5.91 Å². The van der Waals surface area contributed by atoms with E-state index in [0.29, 0.717) is 16.3 Å². The van der Waals surface area contributed by atoms with Crippen LogP contribution in [0.25, 0.3) is 0 Å². The predicted octanol–water partition coefficient (Wildman–Crippen LogP) is 3.82. The van der Waals surface area contributed by atoms with Crippen LogP contribution in [-0.2, 0) is 6.42 Å². The fourth-order valence-corrected chi connectivity index (χ4v) is 2.52. The minimum atomic E-state index is -0.420. The number of anilines is 2. The van der Waals surface area contributed by atoms with Crippen LogP contribution in [0.1, 0.15) is 22.8 Å². The molecule has 138 valence electrons. The van der Waals surface area contributed by atoms with Crippen molar-refractivity contribution in [1.82, 2.24) is 15.4 Å². The number of carbonyl (C=O) groups is 1. The largest absolute Gasteiger partial charge is 0.437 e. The molecule has 0 unspecified atom stereocenters. The fourth-order valence-electron chi connectivity index (χ4n) is 2.29. The lowest BCUT2D eigenvalue weighted by Gasteiger charge is -2.13. The number of benzene rings is 2. The highest BCUT2D eigenvalue weighted by atomic mass is 35.5. The first-order valence-electron chi connectivity index (χ1n) is 8.26. The van der Waals surface area contributed by atoms with E-state index in [1.165, 1.54) is 11.9 Å². The minimum Gasteiger partial charge on any atom is -0.437 e. The van der Waals surface area contributed by atoms with Crippen molar-refractivity contribution in [2.24, 2.45) is 0 Å². The van der Waals surface area contributed by atoms with Gasteiger partial charge in [-0.25, -0.2) is 4.98 Å². The first-order chi connectivity index (χ1) is 13.1. The first kappa shape index (κ1) is 18.5. The maximum Gasteiger partial charge on any atom is 0.271 e. The molecule has 0 atom stereocenters. The Kier molecular flexibility index (Phi) is 5.73. The molecule has 7 nitrogen and oxygen atoms in total. The van der Waals surface area contributed by atoms with Gasteiger partial charge in [0.1, 0.15) is 17.8 Å². The van der Waals surface area contributed by atoms with E-state index in [9.17, 15) is 4.79 Å². The van der Waals surface area contributed by atoms with Crippen LogP contribution in [0.2, 0.25) is 5.02 Å². The molecule has 8 heteroatoms. The molecule has 0 saturated heterocycles. The molecular weight excluding hydrogens is 366 g/mol. The average molecular weight is 384 g/mol. The van der Waals surface area contributed by atoms with Crippen LogP contribution < -0.4 is 21.3 Å². The molecule has 0 fully saturated rings. The molecular formula is C19H18ClN5O2. The molecule has 2 aromatic carbocycles. The number of hydrazine groups is 1. The summed E-state index contributed by atoms with van der Waals surface area (Å²) in [7, 11) is 0. The third-order valence-corrected chi connectivity index (χ3v) is 4.14. The van der Waals surface area contributed by atoms with E-state index in [0.717, 1.165) is 6.42 Å². The van der Waals surface area contributed by atoms with Crippen molar-refractivity contribution < 1.29 is 9.53 Å². The molecule has 1 aromatic heterocycles. The number of aryl methyl sites for hydroxylation is 1. The van der Waals surface area contributed by atoms with Gasteiger partial charge in [0, 0.05) is 0 Å². The lowest BCUT2D eigenvalue weighted by Crippen LogP contribution is -2.30. The van der Waals surface area contributed by atoms with E-state index in [1.54, 1.807) is 24.3 Å². The Bertz CT molecular complexity index is 947. The number of rotatable bonds is 6. The highest BCUT2D eigenvalue weighted by molar-refractivity contribution is 6.33. The van der Waals surface area contributed by atoms with Crippen molar-refractivity contribution in [1.29, 1.82) is 0 Å². The molecule has 0 aliphatic rings. The number of nitrogens with one attached hydrogen (secondary N) is 2. The quantitative estimate of drug-likeness (QED) is 0.559. The highest BCUT2D eigenvalue weighted by Crippen LogP contribution is 2.29. The topological polar surface area (TPSA) is 102 Å². The second-order valence-electron chi connectivity index (χ2n) is 5.60. The van der Waals surface area contributed by atoms with Gasteiger partial charge in [-0.1, -0.05) is 42.8 Å². The maximum atomic E-state index is 12.2. The number of hydrogen-bond acceptors (Lipinski definition) is 6. The zero-order valence-electron chi connectivity index (χ0n) is 14.6. The van der Waals surface area contributed by atoms with Crippen LogP contribution in [0.5, 0.6) is 11.6 Å². The van der Waals surface area contributed by atoms with Gasteiger partial charge in [0.05, 0.1) is 10.6 Å². The number of hydrogen-bond donors (Lipinski definition) is 3. The Morgan fingerprint density at radius 1 is 1.15 bits per heavy atom. The van der Waals surface area contributed by atoms with Crippen molar-refractivity contribution in [3.63, 3.8) is 0 Å². The van der Waals surface area contributed by atoms with E-state index in [2.05, 4.69) is 27.7 Å². The van der Waals surface area contributed by atoms with E-state index in [1.807, 2.05) is 24.3 Å². The second-order valence-corrected chi connectivity index (χ2v) is 6.01. The molecule has 27 heavy (non-hydrogen) atoms. The van der Waals surface area contributed by atoms with Gasteiger partial charge in [-0.05, 0) is 36.2 Å². The van der Waals surface area contributed by atoms with Gasteiger partial charge in [0.15, 0.2) is 5.82 Å². The number of nitrogen functional groups attached to an aromatic ring is 1. The lowest BCUT2D eigenvalue weighted by molar-refractivity contribution is 0.0962. The summed E-state index contributed by atoms with van der Waals surface area (Å²) >= 11 is 6.01. The molecule has 0 aliphatic heterocycles. The Balaban J connectivity index is 1.71. The number of carbonyl (C=O) groups excluding carboxylic acids is 1. The summed E-state index contributed by atoms with van der Waals surface area (Å²) in [5.74, 6) is 0.578. The van der Waals surface area contributed by atoms with Crippen LogP contribution in [0.15, 0.2) is 54.9 Å². The van der Waals surface area contributed by atoms with Crippen molar-refractivity contribution in [3.8, 4) is 11.6 Å². The molecule has 0 saturated carbocycles. The summed E-state index contributed by atoms with van der Waals surface area (Å²) in [4.78, 5) is 20.3. The summed E-state index contributed by atoms with van der Waals surface area (Å²) in [5, 5.41) is 0.340. The van der Waals surface area contributed by atoms with Crippen LogP contribution >= 0.6 is 11.6 Å². The Labute approximate surface area is 161 Å². The molecule has 1 amide bonds. The Morgan fingerprint density at radius 2 is 1.89 bits per heavy atom. The van der Waals surface area contributed by atoms with E-state index >= 15 is 0 Å². The van der Waals surface area contributed by atoms with E-state index in [-0.39, 0.29) is 17.4 Å². The van der Waals surface area contributed by atoms with Gasteiger partial charge in [-0.3, -0.25) is 15.6 Å². The van der Waals surface area contributed by atoms with Crippen LogP contribution in [0.4, 0.5) is 11.5 Å². The van der Waals surface area contributed by atoms with Crippen LogP contribution in [0.3, 0.4) is 0 Å². The van der Waals surface area contributed by atoms with Crippen molar-refractivity contribution >= 4 is 29.0 Å². The molecule has 0 spiro atoms. The molecule has 0 bridgehead atoms. The average Bonchev–Trinajstić information content (AvgIpc) is 2.69. The standard InChI is InChI=1S/C19H18ClN5O2/c1-2-12-7-9-13(10-8-12)27-19-16(21)17(22-11-23-19)24-25-18(26)14-5-3-4-6-15(14)20/h3-11H,2,21H2,1H3,(H,25,26)(H,22,23,24). The van der Waals surface area contributed by atoms with Gasteiger partial charge in [-0.2, -0.15) is 4.98 Å². The molecule has 4 N–H and O–H groups in total. The summed E-state index contributed by atoms with van der Waals surface area (Å²) in [6.45, 7) is 2.08. The number of amides is 1. The zero-order chi connectivity index (χ0) is 19.2. The van der Waals surface area contributed by atoms with Crippen LogP contribution in [0, 0.1) is 0 Å². The Morgan fingerprint density at radius 3 is 2.59 bits per heavy atom. The molecule has 3 rings (SSSR count).